The summed E-state index contributed by atoms with van der Waals surface area (Å²) in [6.07, 6.45) is 0.605. The lowest BCUT2D eigenvalue weighted by atomic mass is 9.71. The number of likely N-dealkylation sites (N-methyl/N-ethyl adjacent to an activating group) is 1. The Morgan fingerprint density at radius 2 is 1.92 bits per heavy atom. The van der Waals surface area contributed by atoms with Crippen LogP contribution in [0.25, 0.3) is 5.57 Å². The Hall–Kier alpha value is -1.82. The van der Waals surface area contributed by atoms with Gasteiger partial charge >= 0.3 is 6.18 Å². The first-order chi connectivity index (χ1) is 12.4. The molecule has 0 radical (unpaired) electrons. The van der Waals surface area contributed by atoms with Crippen LogP contribution >= 0.6 is 0 Å². The van der Waals surface area contributed by atoms with E-state index in [-0.39, 0.29) is 12.3 Å². The molecule has 2 aliphatic rings. The molecule has 3 rings (SSSR count). The normalized spacial score (nSPS) is 20.4. The largest absolute Gasteiger partial charge is 0.416 e. The van der Waals surface area contributed by atoms with E-state index >= 15 is 0 Å². The van der Waals surface area contributed by atoms with Gasteiger partial charge in [0.15, 0.2) is 0 Å². The topological polar surface area (TPSA) is 41.1 Å². The van der Waals surface area contributed by atoms with Gasteiger partial charge in [0, 0.05) is 6.54 Å². The Labute approximate surface area is 152 Å². The van der Waals surface area contributed by atoms with Gasteiger partial charge in [-0.15, -0.1) is 0 Å². The standard InChI is InChI=1S/C20H25F3N2O/c1-2-24-13-17-16(14-7-6-8-15(11-14)20(21,22)23)12-18(26)25-19(17)9-4-3-5-10-19/h6-8,11,24H,2-5,9-10,12-13H2,1H3,(H,25,26). The predicted molar refractivity (Wildman–Crippen MR) is 95.5 cm³/mol. The van der Waals surface area contributed by atoms with Crippen LogP contribution in [0.4, 0.5) is 13.2 Å². The number of hydrogen-bond acceptors (Lipinski definition) is 2. The molecule has 1 amide bonds. The zero-order chi connectivity index (χ0) is 18.8. The summed E-state index contributed by atoms with van der Waals surface area (Å²) in [4.78, 5) is 12.4. The molecule has 1 aliphatic heterocycles. The highest BCUT2D eigenvalue weighted by atomic mass is 19.4. The lowest BCUT2D eigenvalue weighted by molar-refractivity contribution is -0.137. The van der Waals surface area contributed by atoms with Crippen molar-refractivity contribution in [1.29, 1.82) is 0 Å². The van der Waals surface area contributed by atoms with Gasteiger partial charge in [-0.1, -0.05) is 38.3 Å². The molecule has 0 unspecified atom stereocenters. The van der Waals surface area contributed by atoms with Gasteiger partial charge in [-0.3, -0.25) is 4.79 Å². The molecule has 0 aromatic heterocycles. The summed E-state index contributed by atoms with van der Waals surface area (Å²) in [7, 11) is 0. The van der Waals surface area contributed by atoms with Crippen molar-refractivity contribution in [2.75, 3.05) is 13.1 Å². The predicted octanol–water partition coefficient (Wildman–Crippen LogP) is 4.29. The molecule has 26 heavy (non-hydrogen) atoms. The SMILES string of the molecule is CCNCC1=C(c2cccc(C(F)(F)F)c2)CC(=O)NC12CCCCC2. The highest BCUT2D eigenvalue weighted by molar-refractivity contribution is 5.94. The fourth-order valence-corrected chi connectivity index (χ4v) is 4.21. The van der Waals surface area contributed by atoms with E-state index in [4.69, 9.17) is 0 Å². The van der Waals surface area contributed by atoms with E-state index < -0.39 is 17.3 Å². The quantitative estimate of drug-likeness (QED) is 0.835. The van der Waals surface area contributed by atoms with Gasteiger partial charge in [-0.05, 0) is 48.2 Å². The lowest BCUT2D eigenvalue weighted by Crippen LogP contribution is -2.55. The second-order valence-corrected chi connectivity index (χ2v) is 7.18. The number of nitrogens with one attached hydrogen (secondary N) is 2. The molecule has 1 aliphatic carbocycles. The molecule has 0 bridgehead atoms. The number of carbonyl (C=O) groups excluding carboxylic acids is 1. The van der Waals surface area contributed by atoms with Gasteiger partial charge in [0.2, 0.25) is 5.91 Å². The number of benzene rings is 1. The van der Waals surface area contributed by atoms with E-state index in [1.54, 1.807) is 6.07 Å². The summed E-state index contributed by atoms with van der Waals surface area (Å²) < 4.78 is 39.5. The third-order valence-electron chi connectivity index (χ3n) is 5.46. The first kappa shape index (κ1) is 19.0. The number of hydrogen-bond donors (Lipinski definition) is 2. The molecule has 1 spiro atoms. The number of alkyl halides is 3. The second-order valence-electron chi connectivity index (χ2n) is 7.18. The smallest absolute Gasteiger partial charge is 0.347 e. The second kappa shape index (κ2) is 7.43. The minimum atomic E-state index is -4.39. The summed E-state index contributed by atoms with van der Waals surface area (Å²) in [6.45, 7) is 3.35. The lowest BCUT2D eigenvalue weighted by Gasteiger charge is -2.44. The van der Waals surface area contributed by atoms with E-state index in [0.29, 0.717) is 12.1 Å². The maximum atomic E-state index is 13.2. The summed E-state index contributed by atoms with van der Waals surface area (Å²) in [5, 5.41) is 6.49. The van der Waals surface area contributed by atoms with Crippen molar-refractivity contribution in [3.8, 4) is 0 Å². The van der Waals surface area contributed by atoms with Crippen LogP contribution in [-0.2, 0) is 11.0 Å². The molecule has 1 saturated carbocycles. The van der Waals surface area contributed by atoms with E-state index in [1.807, 2.05) is 6.92 Å². The Kier molecular flexibility index (Phi) is 5.42. The number of rotatable bonds is 4. The van der Waals surface area contributed by atoms with Crippen LogP contribution in [0.5, 0.6) is 0 Å². The molecule has 2 N–H and O–H groups in total. The van der Waals surface area contributed by atoms with Crippen molar-refractivity contribution in [2.24, 2.45) is 0 Å². The van der Waals surface area contributed by atoms with Crippen molar-refractivity contribution in [2.45, 2.75) is 57.2 Å². The molecule has 0 atom stereocenters. The molecule has 1 aromatic carbocycles. The molecular formula is C20H25F3N2O. The summed E-state index contributed by atoms with van der Waals surface area (Å²) in [5.74, 6) is -0.0976. The Morgan fingerprint density at radius 3 is 2.58 bits per heavy atom. The first-order valence-corrected chi connectivity index (χ1v) is 9.27. The average molecular weight is 366 g/mol. The van der Waals surface area contributed by atoms with Crippen molar-refractivity contribution in [1.82, 2.24) is 10.6 Å². The van der Waals surface area contributed by atoms with Gasteiger partial charge in [0.05, 0.1) is 17.5 Å². The number of amides is 1. The summed E-state index contributed by atoms with van der Waals surface area (Å²) in [5.41, 5.74) is 1.22. The van der Waals surface area contributed by atoms with Crippen molar-refractivity contribution in [3.63, 3.8) is 0 Å². The van der Waals surface area contributed by atoms with Gasteiger partial charge < -0.3 is 10.6 Å². The van der Waals surface area contributed by atoms with Crippen LogP contribution in [0.3, 0.4) is 0 Å². The highest BCUT2D eigenvalue weighted by Crippen LogP contribution is 2.42. The Balaban J connectivity index is 2.11. The molecule has 1 aromatic rings. The van der Waals surface area contributed by atoms with Crippen LogP contribution in [0.15, 0.2) is 29.8 Å². The van der Waals surface area contributed by atoms with Gasteiger partial charge in [-0.25, -0.2) is 0 Å². The minimum absolute atomic E-state index is 0.0976. The molecule has 0 saturated heterocycles. The van der Waals surface area contributed by atoms with Crippen molar-refractivity contribution < 1.29 is 18.0 Å². The third-order valence-corrected chi connectivity index (χ3v) is 5.46. The molecule has 1 heterocycles. The fraction of sp³-hybridized carbons (Fsp3) is 0.550. The van der Waals surface area contributed by atoms with Gasteiger partial charge in [0.1, 0.15) is 0 Å². The highest BCUT2D eigenvalue weighted by Gasteiger charge is 2.42. The van der Waals surface area contributed by atoms with Crippen LogP contribution in [0.2, 0.25) is 0 Å². The maximum absolute atomic E-state index is 13.2. The summed E-state index contributed by atoms with van der Waals surface area (Å²) in [6, 6.07) is 5.37. The third kappa shape index (κ3) is 3.80. The summed E-state index contributed by atoms with van der Waals surface area (Å²) >= 11 is 0. The van der Waals surface area contributed by atoms with Crippen molar-refractivity contribution >= 4 is 11.5 Å². The van der Waals surface area contributed by atoms with E-state index in [0.717, 1.165) is 55.9 Å². The van der Waals surface area contributed by atoms with Crippen LogP contribution in [0.1, 0.15) is 56.6 Å². The number of carbonyl (C=O) groups is 1. The van der Waals surface area contributed by atoms with Crippen LogP contribution in [-0.4, -0.2) is 24.5 Å². The minimum Gasteiger partial charge on any atom is -0.347 e. The van der Waals surface area contributed by atoms with E-state index in [2.05, 4.69) is 10.6 Å². The van der Waals surface area contributed by atoms with Crippen LogP contribution < -0.4 is 10.6 Å². The molecule has 1 fully saturated rings. The van der Waals surface area contributed by atoms with Gasteiger partial charge in [0.25, 0.3) is 0 Å². The Morgan fingerprint density at radius 1 is 1.19 bits per heavy atom. The zero-order valence-electron chi connectivity index (χ0n) is 15.0. The van der Waals surface area contributed by atoms with E-state index in [1.165, 1.54) is 12.1 Å². The van der Waals surface area contributed by atoms with Gasteiger partial charge in [-0.2, -0.15) is 13.2 Å². The molecule has 3 nitrogen and oxygen atoms in total. The fourth-order valence-electron chi connectivity index (χ4n) is 4.21. The first-order valence-electron chi connectivity index (χ1n) is 9.27. The molecular weight excluding hydrogens is 341 g/mol. The van der Waals surface area contributed by atoms with Crippen molar-refractivity contribution in [3.05, 3.63) is 41.0 Å². The molecule has 6 heteroatoms. The average Bonchev–Trinajstić information content (AvgIpc) is 2.60. The van der Waals surface area contributed by atoms with E-state index in [9.17, 15) is 18.0 Å². The van der Waals surface area contributed by atoms with Crippen LogP contribution in [0, 0.1) is 0 Å². The molecule has 142 valence electrons. The number of halogens is 3. The monoisotopic (exact) mass is 366 g/mol. The Bertz CT molecular complexity index is 703. The zero-order valence-corrected chi connectivity index (χ0v) is 15.0. The maximum Gasteiger partial charge on any atom is 0.416 e.